The van der Waals surface area contributed by atoms with E-state index in [0.29, 0.717) is 0 Å². The van der Waals surface area contributed by atoms with Crippen molar-refractivity contribution in [2.24, 2.45) is 0 Å². The molecule has 0 saturated carbocycles. The van der Waals surface area contributed by atoms with Crippen molar-refractivity contribution in [1.82, 2.24) is 4.90 Å². The van der Waals surface area contributed by atoms with E-state index in [4.69, 9.17) is 9.52 Å². The molecule has 1 aromatic carbocycles. The van der Waals surface area contributed by atoms with E-state index < -0.39 is 18.2 Å². The van der Waals surface area contributed by atoms with E-state index in [0.717, 1.165) is 27.7 Å². The number of carboxylic acids is 1. The van der Waals surface area contributed by atoms with Crippen molar-refractivity contribution in [2.45, 2.75) is 32.4 Å². The van der Waals surface area contributed by atoms with Crippen LogP contribution in [-0.4, -0.2) is 40.6 Å². The van der Waals surface area contributed by atoms with Gasteiger partial charge < -0.3 is 14.4 Å². The van der Waals surface area contributed by atoms with Crippen LogP contribution >= 0.6 is 0 Å². The molecule has 2 heterocycles. The Morgan fingerprint density at radius 3 is 2.78 bits per heavy atom. The highest BCUT2D eigenvalue weighted by molar-refractivity contribution is 5.90. The maximum absolute atomic E-state index is 14.1. The molecule has 1 saturated heterocycles. The number of hydrogen-bond acceptors (Lipinski definition) is 3. The standard InChI is InChI=1S/C17H18FNO4/c1-10-3-4-13-12(8-23-15(13)11(10)2)7-14(20)19-6-5-17(18,9-19)16(21)22/h3-4,8H,5-7,9H2,1-2H3,(H,21,22). The molecular weight excluding hydrogens is 301 g/mol. The van der Waals surface area contributed by atoms with Gasteiger partial charge in [-0.25, -0.2) is 9.18 Å². The summed E-state index contributed by atoms with van der Waals surface area (Å²) >= 11 is 0. The highest BCUT2D eigenvalue weighted by Gasteiger charge is 2.46. The second-order valence-electron chi connectivity index (χ2n) is 6.16. The second kappa shape index (κ2) is 5.37. The Labute approximate surface area is 132 Å². The topological polar surface area (TPSA) is 70.8 Å². The minimum Gasteiger partial charge on any atom is -0.479 e. The minimum absolute atomic E-state index is 0.0746. The summed E-state index contributed by atoms with van der Waals surface area (Å²) in [6, 6.07) is 3.87. The first kappa shape index (κ1) is 15.5. The molecule has 1 unspecified atom stereocenters. The highest BCUT2D eigenvalue weighted by atomic mass is 19.1. The van der Waals surface area contributed by atoms with E-state index in [2.05, 4.69) is 0 Å². The number of alkyl halides is 1. The van der Waals surface area contributed by atoms with Crippen LogP contribution in [0.5, 0.6) is 0 Å². The predicted molar refractivity (Wildman–Crippen MR) is 82.1 cm³/mol. The van der Waals surface area contributed by atoms with Gasteiger partial charge in [-0.3, -0.25) is 4.79 Å². The number of likely N-dealkylation sites (tertiary alicyclic amines) is 1. The number of amides is 1. The zero-order valence-corrected chi connectivity index (χ0v) is 13.1. The molecule has 122 valence electrons. The lowest BCUT2D eigenvalue weighted by atomic mass is 10.0. The fourth-order valence-electron chi connectivity index (χ4n) is 2.96. The summed E-state index contributed by atoms with van der Waals surface area (Å²) in [6.45, 7) is 3.67. The molecule has 0 spiro atoms. The highest BCUT2D eigenvalue weighted by Crippen LogP contribution is 2.29. The van der Waals surface area contributed by atoms with Crippen molar-refractivity contribution in [3.05, 3.63) is 35.1 Å². The molecule has 6 heteroatoms. The number of fused-ring (bicyclic) bond motifs is 1. The average Bonchev–Trinajstić information content (AvgIpc) is 3.09. The van der Waals surface area contributed by atoms with Crippen LogP contribution in [0.4, 0.5) is 4.39 Å². The Morgan fingerprint density at radius 2 is 2.13 bits per heavy atom. The molecule has 1 aromatic heterocycles. The van der Waals surface area contributed by atoms with Crippen LogP contribution in [0.15, 0.2) is 22.8 Å². The molecular formula is C17H18FNO4. The van der Waals surface area contributed by atoms with Gasteiger partial charge in [0, 0.05) is 23.9 Å². The van der Waals surface area contributed by atoms with Gasteiger partial charge in [0.15, 0.2) is 0 Å². The van der Waals surface area contributed by atoms with Crippen molar-refractivity contribution in [3.63, 3.8) is 0 Å². The van der Waals surface area contributed by atoms with Gasteiger partial charge in [0.2, 0.25) is 11.6 Å². The summed E-state index contributed by atoms with van der Waals surface area (Å²) in [5.41, 5.74) is 1.28. The number of rotatable bonds is 3. The van der Waals surface area contributed by atoms with Crippen molar-refractivity contribution in [1.29, 1.82) is 0 Å². The van der Waals surface area contributed by atoms with Crippen LogP contribution in [0.25, 0.3) is 11.0 Å². The maximum atomic E-state index is 14.1. The monoisotopic (exact) mass is 319 g/mol. The first-order chi connectivity index (χ1) is 10.8. The van der Waals surface area contributed by atoms with Gasteiger partial charge in [0.05, 0.1) is 19.2 Å². The molecule has 1 atom stereocenters. The summed E-state index contributed by atoms with van der Waals surface area (Å²) in [5, 5.41) is 9.76. The molecule has 1 amide bonds. The van der Waals surface area contributed by atoms with Crippen molar-refractivity contribution in [3.8, 4) is 0 Å². The number of nitrogens with zero attached hydrogens (tertiary/aromatic N) is 1. The fraction of sp³-hybridized carbons (Fsp3) is 0.412. The zero-order chi connectivity index (χ0) is 16.8. The number of aliphatic carboxylic acids is 1. The number of benzene rings is 1. The van der Waals surface area contributed by atoms with E-state index in [1.54, 1.807) is 6.26 Å². The average molecular weight is 319 g/mol. The molecule has 0 radical (unpaired) electrons. The van der Waals surface area contributed by atoms with Crippen LogP contribution in [0.1, 0.15) is 23.1 Å². The number of hydrogen-bond donors (Lipinski definition) is 1. The molecule has 1 aliphatic heterocycles. The third kappa shape index (κ3) is 2.58. The van der Waals surface area contributed by atoms with Gasteiger partial charge >= 0.3 is 5.97 Å². The SMILES string of the molecule is Cc1ccc2c(CC(=O)N3CCC(F)(C(=O)O)C3)coc2c1C. The number of aryl methyl sites for hydroxylation is 2. The Morgan fingerprint density at radius 1 is 1.39 bits per heavy atom. The third-order valence-electron chi connectivity index (χ3n) is 4.64. The zero-order valence-electron chi connectivity index (χ0n) is 13.1. The van der Waals surface area contributed by atoms with Gasteiger partial charge in [0.25, 0.3) is 0 Å². The van der Waals surface area contributed by atoms with Crippen LogP contribution in [0.3, 0.4) is 0 Å². The summed E-state index contributed by atoms with van der Waals surface area (Å²) in [6.07, 6.45) is 1.45. The first-order valence-electron chi connectivity index (χ1n) is 7.48. The first-order valence-corrected chi connectivity index (χ1v) is 7.48. The summed E-state index contributed by atoms with van der Waals surface area (Å²) in [7, 11) is 0. The number of furan rings is 1. The smallest absolute Gasteiger partial charge is 0.343 e. The second-order valence-corrected chi connectivity index (χ2v) is 6.16. The van der Waals surface area contributed by atoms with Gasteiger partial charge in [-0.2, -0.15) is 0 Å². The molecule has 23 heavy (non-hydrogen) atoms. The number of carboxylic acid groups (broad SMARTS) is 1. The summed E-state index contributed by atoms with van der Waals surface area (Å²) < 4.78 is 19.6. The number of carbonyl (C=O) groups excluding carboxylic acids is 1. The molecule has 0 aliphatic carbocycles. The van der Waals surface area contributed by atoms with Crippen LogP contribution in [0.2, 0.25) is 0 Å². The molecule has 1 aliphatic rings. The number of halogens is 1. The van der Waals surface area contributed by atoms with Crippen molar-refractivity contribution >= 4 is 22.8 Å². The quantitative estimate of drug-likeness (QED) is 0.944. The lowest BCUT2D eigenvalue weighted by Gasteiger charge is -2.17. The molecule has 5 nitrogen and oxygen atoms in total. The van der Waals surface area contributed by atoms with E-state index in [9.17, 15) is 14.0 Å². The van der Waals surface area contributed by atoms with Crippen LogP contribution in [0, 0.1) is 13.8 Å². The minimum atomic E-state index is -2.33. The van der Waals surface area contributed by atoms with E-state index >= 15 is 0 Å². The largest absolute Gasteiger partial charge is 0.479 e. The molecule has 1 fully saturated rings. The number of carbonyl (C=O) groups is 2. The summed E-state index contributed by atoms with van der Waals surface area (Å²) in [4.78, 5) is 24.5. The van der Waals surface area contributed by atoms with E-state index in [1.807, 2.05) is 26.0 Å². The van der Waals surface area contributed by atoms with Gasteiger partial charge in [-0.1, -0.05) is 12.1 Å². The maximum Gasteiger partial charge on any atom is 0.343 e. The van der Waals surface area contributed by atoms with Crippen molar-refractivity contribution in [2.75, 3.05) is 13.1 Å². The Bertz CT molecular complexity index is 797. The van der Waals surface area contributed by atoms with Gasteiger partial charge in [0.1, 0.15) is 5.58 Å². The molecule has 1 N–H and O–H groups in total. The Balaban J connectivity index is 1.79. The van der Waals surface area contributed by atoms with E-state index in [-0.39, 0.29) is 25.3 Å². The van der Waals surface area contributed by atoms with E-state index in [1.165, 1.54) is 4.90 Å². The van der Waals surface area contributed by atoms with Crippen LogP contribution in [-0.2, 0) is 16.0 Å². The Hall–Kier alpha value is -2.37. The predicted octanol–water partition coefficient (Wildman–Crippen LogP) is 2.62. The normalized spacial score (nSPS) is 21.1. The van der Waals surface area contributed by atoms with Crippen molar-refractivity contribution < 1.29 is 23.5 Å². The van der Waals surface area contributed by atoms with Gasteiger partial charge in [-0.05, 0) is 25.0 Å². The molecule has 0 bridgehead atoms. The lowest BCUT2D eigenvalue weighted by molar-refractivity contribution is -0.150. The lowest BCUT2D eigenvalue weighted by Crippen LogP contribution is -2.39. The van der Waals surface area contributed by atoms with Crippen LogP contribution < -0.4 is 0 Å². The summed E-state index contributed by atoms with van der Waals surface area (Å²) in [5.74, 6) is -1.79. The Kier molecular flexibility index (Phi) is 3.62. The molecule has 2 aromatic rings. The fourth-order valence-corrected chi connectivity index (χ4v) is 2.96. The van der Waals surface area contributed by atoms with Gasteiger partial charge in [-0.15, -0.1) is 0 Å². The molecule has 3 rings (SSSR count). The third-order valence-corrected chi connectivity index (χ3v) is 4.64.